The van der Waals surface area contributed by atoms with Crippen molar-refractivity contribution in [1.82, 2.24) is 0 Å². The second kappa shape index (κ2) is 11.9. The molecule has 0 radical (unpaired) electrons. The van der Waals surface area contributed by atoms with E-state index in [1.807, 2.05) is 0 Å². The fraction of sp³-hybridized carbons (Fsp3) is 0.308. The van der Waals surface area contributed by atoms with Crippen molar-refractivity contribution in [1.29, 1.82) is 0 Å². The summed E-state index contributed by atoms with van der Waals surface area (Å²) in [5.74, 6) is 0. The van der Waals surface area contributed by atoms with Crippen LogP contribution in [-0.4, -0.2) is 4.70 Å². The molecule has 0 saturated heterocycles. The van der Waals surface area contributed by atoms with Gasteiger partial charge in [-0.15, -0.1) is 0 Å². The Balaban J connectivity index is 0.00000261. The molecule has 0 saturated carbocycles. The molecule has 0 aromatic heterocycles. The van der Waals surface area contributed by atoms with Gasteiger partial charge in [0.15, 0.2) is 0 Å². The van der Waals surface area contributed by atoms with Crippen LogP contribution in [0.25, 0.3) is 16.9 Å². The Morgan fingerprint density at radius 3 is 1.79 bits per heavy atom. The fourth-order valence-corrected chi connectivity index (χ4v) is 3.80. The van der Waals surface area contributed by atoms with E-state index in [9.17, 15) is 5.53 Å². The van der Waals surface area contributed by atoms with Crippen molar-refractivity contribution < 1.29 is 21.2 Å². The molecule has 0 amide bonds. The molecule has 0 unspecified atom stereocenters. The number of rotatable bonds is 6. The van der Waals surface area contributed by atoms with Crippen LogP contribution >= 0.6 is 0 Å². The van der Waals surface area contributed by atoms with E-state index in [1.54, 1.807) is 0 Å². The molecule has 158 valence electrons. The first-order valence-electron chi connectivity index (χ1n) is 9.60. The van der Waals surface area contributed by atoms with E-state index in [0.29, 0.717) is 0 Å². The molecule has 0 N–H and O–H groups in total. The number of allylic oxidation sites excluding steroid dienone is 2. The third-order valence-electron chi connectivity index (χ3n) is 5.13. The molecule has 0 spiro atoms. The molecule has 0 fully saturated rings. The number of nitrogens with zero attached hydrogens (tertiary/aromatic N) is 2. The minimum atomic E-state index is 0. The minimum absolute atomic E-state index is 0. The van der Waals surface area contributed by atoms with Crippen LogP contribution in [0, 0.1) is 28.7 Å². The van der Waals surface area contributed by atoms with Crippen LogP contribution in [0.2, 0.25) is 0 Å². The van der Waals surface area contributed by atoms with Crippen LogP contribution in [0.4, 0.5) is 0 Å². The average molecular weight is 433 g/mol. The maximum atomic E-state index is 11.2. The van der Waals surface area contributed by atoms with Crippen LogP contribution in [0.1, 0.15) is 61.8 Å². The number of benzene rings is 2. The van der Waals surface area contributed by atoms with Gasteiger partial charge in [0.1, 0.15) is 0 Å². The van der Waals surface area contributed by atoms with Gasteiger partial charge < -0.3 is 20.4 Å². The Kier molecular flexibility index (Phi) is 11.1. The number of hydrogen-bond donors (Lipinski definition) is 0. The fourth-order valence-electron chi connectivity index (χ4n) is 3.80. The Hall–Kier alpha value is -1.99. The number of hydrogen-bond acceptors (Lipinski definition) is 0. The third kappa shape index (κ3) is 5.76. The predicted molar refractivity (Wildman–Crippen MR) is 122 cm³/mol. The van der Waals surface area contributed by atoms with Crippen LogP contribution in [0.15, 0.2) is 59.7 Å². The van der Waals surface area contributed by atoms with Crippen molar-refractivity contribution in [2.45, 2.75) is 53.4 Å². The summed E-state index contributed by atoms with van der Waals surface area (Å²) in [5.41, 5.74) is 20.0. The Bertz CT molecular complexity index is 906. The largest absolute Gasteiger partial charge is 2.00 e. The summed E-state index contributed by atoms with van der Waals surface area (Å²) >= 11 is 0. The Morgan fingerprint density at radius 2 is 1.31 bits per heavy atom. The smallest absolute Gasteiger partial charge is 0.493 e. The van der Waals surface area contributed by atoms with Crippen molar-refractivity contribution in [2.24, 2.45) is 0 Å². The summed E-state index contributed by atoms with van der Waals surface area (Å²) in [7, 11) is 0. The minimum Gasteiger partial charge on any atom is -0.493 e. The molecule has 1 heterocycles. The van der Waals surface area contributed by atoms with Crippen LogP contribution in [-0.2, 0) is 16.5 Å². The number of aryl methyl sites for hydroxylation is 2. The molecule has 1 aliphatic rings. The summed E-state index contributed by atoms with van der Waals surface area (Å²) < 4.78 is 1.42. The molecule has 3 heteroatoms. The zero-order valence-electron chi connectivity index (χ0n) is 18.7. The molecule has 29 heavy (non-hydrogen) atoms. The van der Waals surface area contributed by atoms with Gasteiger partial charge in [0, 0.05) is 22.3 Å². The van der Waals surface area contributed by atoms with Gasteiger partial charge in [-0.05, 0) is 57.9 Å². The molecular weight excluding hydrogens is 399 g/mol. The van der Waals surface area contributed by atoms with Gasteiger partial charge in [0.2, 0.25) is 11.4 Å². The summed E-state index contributed by atoms with van der Waals surface area (Å²) in [6.45, 7) is 8.56. The first kappa shape index (κ1) is 27.0. The van der Waals surface area contributed by atoms with E-state index in [1.165, 1.54) is 39.8 Å². The number of unbranched alkanes of at least 4 members (excludes halogenated alkanes) is 2. The zero-order chi connectivity index (χ0) is 18.7. The van der Waals surface area contributed by atoms with Crippen molar-refractivity contribution in [3.63, 3.8) is 0 Å². The van der Waals surface area contributed by atoms with E-state index in [2.05, 4.69) is 76.2 Å². The van der Waals surface area contributed by atoms with Crippen molar-refractivity contribution in [2.75, 3.05) is 0 Å². The first-order chi connectivity index (χ1) is 12.5. The predicted octanol–water partition coefficient (Wildman–Crippen LogP) is 7.97. The molecular formula is C26H34N2Ni. The maximum Gasteiger partial charge on any atom is 2.00 e. The van der Waals surface area contributed by atoms with Gasteiger partial charge in [-0.3, -0.25) is 0 Å². The van der Waals surface area contributed by atoms with Crippen molar-refractivity contribution in [3.05, 3.63) is 102 Å². The standard InChI is InChI=1S/C24H28N2.2CH3.Ni/c1-5-6-7-14-22-19(4)23(20-12-8-10-17(2)15-20)26(25)24(22)21-13-9-11-18(3)16-21;;;/h8-13,15-16H,5-7,14H2,1-4H3;2*1H3;/q;2*-1;+2. The molecule has 3 rings (SSSR count). The topological polar surface area (TPSA) is 25.3 Å². The van der Waals surface area contributed by atoms with Gasteiger partial charge in [-0.25, -0.2) is 4.70 Å². The average Bonchev–Trinajstić information content (AvgIpc) is 2.85. The van der Waals surface area contributed by atoms with E-state index >= 15 is 0 Å². The van der Waals surface area contributed by atoms with Crippen molar-refractivity contribution in [3.8, 4) is 0 Å². The van der Waals surface area contributed by atoms with Crippen molar-refractivity contribution >= 4 is 11.4 Å². The quantitative estimate of drug-likeness (QED) is 0.191. The van der Waals surface area contributed by atoms with Gasteiger partial charge in [0.05, 0.1) is 0 Å². The van der Waals surface area contributed by atoms with E-state index in [0.717, 1.165) is 35.4 Å². The Labute approximate surface area is 188 Å². The second-order valence-electron chi connectivity index (χ2n) is 7.31. The zero-order valence-corrected chi connectivity index (χ0v) is 19.6. The summed E-state index contributed by atoms with van der Waals surface area (Å²) in [5, 5.41) is 0. The maximum absolute atomic E-state index is 11.2. The molecule has 0 atom stereocenters. The van der Waals surface area contributed by atoms with E-state index < -0.39 is 0 Å². The van der Waals surface area contributed by atoms with E-state index in [-0.39, 0.29) is 31.3 Å². The SMILES string of the molecule is CCCCCC1=C(c2cccc(C)c2)[N+](=[N-])C(c2cccc(C)c2)=C1C.[CH3-].[CH3-].[Ni+2]. The molecule has 0 aliphatic carbocycles. The monoisotopic (exact) mass is 432 g/mol. The molecule has 2 aromatic carbocycles. The summed E-state index contributed by atoms with van der Waals surface area (Å²) in [4.78, 5) is 0. The first-order valence-corrected chi connectivity index (χ1v) is 9.60. The Morgan fingerprint density at radius 1 is 0.793 bits per heavy atom. The third-order valence-corrected chi connectivity index (χ3v) is 5.13. The van der Waals surface area contributed by atoms with Gasteiger partial charge in [0.25, 0.3) is 0 Å². The normalized spacial score (nSPS) is 13.0. The van der Waals surface area contributed by atoms with Crippen LogP contribution < -0.4 is 0 Å². The summed E-state index contributed by atoms with van der Waals surface area (Å²) in [6, 6.07) is 16.8. The molecule has 1 aliphatic heterocycles. The van der Waals surface area contributed by atoms with E-state index in [4.69, 9.17) is 0 Å². The van der Waals surface area contributed by atoms with Crippen LogP contribution in [0.5, 0.6) is 0 Å². The molecule has 0 bridgehead atoms. The summed E-state index contributed by atoms with van der Waals surface area (Å²) in [6.07, 6.45) is 4.55. The second-order valence-corrected chi connectivity index (χ2v) is 7.31. The van der Waals surface area contributed by atoms with Gasteiger partial charge in [-0.2, -0.15) is 0 Å². The van der Waals surface area contributed by atoms with Gasteiger partial charge >= 0.3 is 16.5 Å². The molecule has 2 aromatic rings. The molecule has 2 nitrogen and oxygen atoms in total. The van der Waals surface area contributed by atoms with Gasteiger partial charge in [-0.1, -0.05) is 55.2 Å². The van der Waals surface area contributed by atoms with Crippen LogP contribution in [0.3, 0.4) is 0 Å².